The molecule has 2 fully saturated rings. The summed E-state index contributed by atoms with van der Waals surface area (Å²) in [5.41, 5.74) is 2.09. The molecule has 27 heavy (non-hydrogen) atoms. The van der Waals surface area contributed by atoms with Crippen LogP contribution in [0.15, 0.2) is 30.5 Å². The lowest BCUT2D eigenvalue weighted by Crippen LogP contribution is -2.45. The van der Waals surface area contributed by atoms with Crippen LogP contribution < -0.4 is 0 Å². The topological polar surface area (TPSA) is 59.1 Å². The Labute approximate surface area is 159 Å². The largest absolute Gasteiger partial charge is 0.350 e. The molecule has 0 spiro atoms. The monoisotopic (exact) mass is 370 g/mol. The fraction of sp³-hybridized carbons (Fsp3) is 0.524. The van der Waals surface area contributed by atoms with E-state index < -0.39 is 0 Å². The Kier molecular flexibility index (Phi) is 5.27. The number of hydrogen-bond donors (Lipinski definition) is 0. The van der Waals surface area contributed by atoms with E-state index in [1.165, 1.54) is 0 Å². The van der Waals surface area contributed by atoms with Crippen molar-refractivity contribution in [2.45, 2.75) is 38.5 Å². The van der Waals surface area contributed by atoms with Gasteiger partial charge >= 0.3 is 0 Å². The average Bonchev–Trinajstić information content (AvgIpc) is 3.23. The number of rotatable bonds is 3. The van der Waals surface area contributed by atoms with Crippen LogP contribution in [0.3, 0.4) is 0 Å². The minimum Gasteiger partial charge on any atom is -0.350 e. The summed E-state index contributed by atoms with van der Waals surface area (Å²) < 4.78 is 11.3. The number of hydrogen-bond acceptors (Lipinski definition) is 4. The molecule has 0 bridgehead atoms. The smallest absolute Gasteiger partial charge is 0.225 e. The van der Waals surface area contributed by atoms with Gasteiger partial charge in [0.25, 0.3) is 0 Å². The molecular formula is C21H26N2O4. The van der Waals surface area contributed by atoms with Crippen molar-refractivity contribution in [3.8, 4) is 0 Å². The third-order valence-corrected chi connectivity index (χ3v) is 5.68. The zero-order valence-corrected chi connectivity index (χ0v) is 15.7. The van der Waals surface area contributed by atoms with Crippen LogP contribution in [-0.4, -0.2) is 54.2 Å². The highest BCUT2D eigenvalue weighted by atomic mass is 16.7. The molecule has 0 radical (unpaired) electrons. The zero-order chi connectivity index (χ0) is 18.8. The lowest BCUT2D eigenvalue weighted by atomic mass is 9.92. The van der Waals surface area contributed by atoms with E-state index in [9.17, 15) is 9.59 Å². The van der Waals surface area contributed by atoms with Gasteiger partial charge in [-0.15, -0.1) is 0 Å². The summed E-state index contributed by atoms with van der Waals surface area (Å²) in [6, 6.07) is 7.70. The van der Waals surface area contributed by atoms with Crippen molar-refractivity contribution in [1.82, 2.24) is 9.80 Å². The van der Waals surface area contributed by atoms with Gasteiger partial charge in [0.1, 0.15) is 0 Å². The molecule has 2 saturated heterocycles. The Hall–Kier alpha value is -2.18. The van der Waals surface area contributed by atoms with E-state index in [1.54, 1.807) is 18.0 Å². The molecule has 0 aliphatic carbocycles. The number of amides is 2. The molecule has 2 unspecified atom stereocenters. The fourth-order valence-corrected chi connectivity index (χ4v) is 4.32. The maximum Gasteiger partial charge on any atom is 0.225 e. The molecule has 0 aromatic heterocycles. The van der Waals surface area contributed by atoms with Crippen LogP contribution in [0.4, 0.5) is 0 Å². The van der Waals surface area contributed by atoms with E-state index in [4.69, 9.17) is 9.47 Å². The second-order valence-electron chi connectivity index (χ2n) is 7.44. The van der Waals surface area contributed by atoms with Gasteiger partial charge in [0.15, 0.2) is 6.29 Å². The van der Waals surface area contributed by atoms with E-state index in [-0.39, 0.29) is 30.1 Å². The SMILES string of the molecule is CC(=O)N1C=Cc2ccccc2C1CC(=O)N1CCCC(C2OCCO2)C1. The molecule has 2 amide bonds. The van der Waals surface area contributed by atoms with E-state index in [2.05, 4.69) is 0 Å². The van der Waals surface area contributed by atoms with Crippen molar-refractivity contribution < 1.29 is 19.1 Å². The van der Waals surface area contributed by atoms with E-state index >= 15 is 0 Å². The van der Waals surface area contributed by atoms with Gasteiger partial charge in [0.2, 0.25) is 11.8 Å². The second-order valence-corrected chi connectivity index (χ2v) is 7.44. The highest BCUT2D eigenvalue weighted by Crippen LogP contribution is 2.34. The standard InChI is InChI=1S/C21H26N2O4/c1-15(24)23-10-8-16-5-2-3-7-18(16)19(23)13-20(25)22-9-4-6-17(14-22)21-26-11-12-27-21/h2-3,5,7-8,10,17,19,21H,4,6,9,11-14H2,1H3. The zero-order valence-electron chi connectivity index (χ0n) is 15.7. The molecule has 3 heterocycles. The van der Waals surface area contributed by atoms with Crippen LogP contribution in [0.1, 0.15) is 43.4 Å². The number of carbonyl (C=O) groups excluding carboxylic acids is 2. The van der Waals surface area contributed by atoms with Crippen LogP contribution in [0.25, 0.3) is 6.08 Å². The Bertz CT molecular complexity index is 741. The molecule has 3 aliphatic rings. The molecule has 144 valence electrons. The predicted octanol–water partition coefficient (Wildman–Crippen LogP) is 2.56. The number of ether oxygens (including phenoxy) is 2. The number of likely N-dealkylation sites (tertiary alicyclic amines) is 1. The van der Waals surface area contributed by atoms with Crippen molar-refractivity contribution in [2.24, 2.45) is 5.92 Å². The van der Waals surface area contributed by atoms with Gasteiger partial charge in [-0.1, -0.05) is 24.3 Å². The van der Waals surface area contributed by atoms with Crippen molar-refractivity contribution in [3.63, 3.8) is 0 Å². The lowest BCUT2D eigenvalue weighted by Gasteiger charge is -2.37. The molecule has 0 saturated carbocycles. The van der Waals surface area contributed by atoms with Crippen molar-refractivity contribution >= 4 is 17.9 Å². The Morgan fingerprint density at radius 1 is 1.19 bits per heavy atom. The van der Waals surface area contributed by atoms with Gasteiger partial charge < -0.3 is 19.3 Å². The lowest BCUT2D eigenvalue weighted by molar-refractivity contribution is -0.141. The maximum absolute atomic E-state index is 13.1. The molecule has 6 nitrogen and oxygen atoms in total. The fourth-order valence-electron chi connectivity index (χ4n) is 4.32. The Balaban J connectivity index is 1.48. The summed E-state index contributed by atoms with van der Waals surface area (Å²) >= 11 is 0. The number of fused-ring (bicyclic) bond motifs is 1. The number of carbonyl (C=O) groups is 2. The van der Waals surface area contributed by atoms with Crippen LogP contribution in [0.5, 0.6) is 0 Å². The van der Waals surface area contributed by atoms with Gasteiger partial charge in [0, 0.05) is 32.1 Å². The van der Waals surface area contributed by atoms with Gasteiger partial charge in [-0.05, 0) is 30.0 Å². The Morgan fingerprint density at radius 3 is 2.74 bits per heavy atom. The molecule has 1 aromatic carbocycles. The first-order valence-corrected chi connectivity index (χ1v) is 9.70. The van der Waals surface area contributed by atoms with Crippen molar-refractivity contribution in [1.29, 1.82) is 0 Å². The maximum atomic E-state index is 13.1. The third-order valence-electron chi connectivity index (χ3n) is 5.68. The average molecular weight is 370 g/mol. The van der Waals surface area contributed by atoms with Gasteiger partial charge in [-0.2, -0.15) is 0 Å². The summed E-state index contributed by atoms with van der Waals surface area (Å²) in [4.78, 5) is 28.8. The number of nitrogens with zero attached hydrogens (tertiary/aromatic N) is 2. The Morgan fingerprint density at radius 2 is 1.96 bits per heavy atom. The predicted molar refractivity (Wildman–Crippen MR) is 100 cm³/mol. The van der Waals surface area contributed by atoms with Gasteiger partial charge in [-0.25, -0.2) is 0 Å². The van der Waals surface area contributed by atoms with Crippen LogP contribution in [-0.2, 0) is 19.1 Å². The summed E-state index contributed by atoms with van der Waals surface area (Å²) in [6.07, 6.45) is 5.80. The van der Waals surface area contributed by atoms with E-state index in [0.717, 1.165) is 30.5 Å². The first-order valence-electron chi connectivity index (χ1n) is 9.70. The van der Waals surface area contributed by atoms with Crippen molar-refractivity contribution in [2.75, 3.05) is 26.3 Å². The quantitative estimate of drug-likeness (QED) is 0.821. The first-order chi connectivity index (χ1) is 13.1. The van der Waals surface area contributed by atoms with E-state index in [0.29, 0.717) is 26.2 Å². The molecule has 0 N–H and O–H groups in total. The molecule has 3 aliphatic heterocycles. The van der Waals surface area contributed by atoms with Gasteiger partial charge in [0.05, 0.1) is 25.7 Å². The number of piperidine rings is 1. The molecular weight excluding hydrogens is 344 g/mol. The summed E-state index contributed by atoms with van der Waals surface area (Å²) in [7, 11) is 0. The third kappa shape index (κ3) is 3.77. The van der Waals surface area contributed by atoms with Gasteiger partial charge in [-0.3, -0.25) is 9.59 Å². The van der Waals surface area contributed by atoms with Crippen LogP contribution in [0.2, 0.25) is 0 Å². The minimum atomic E-state index is -0.254. The molecule has 4 rings (SSSR count). The van der Waals surface area contributed by atoms with Crippen LogP contribution >= 0.6 is 0 Å². The van der Waals surface area contributed by atoms with E-state index in [1.807, 2.05) is 35.2 Å². The molecule has 2 atom stereocenters. The second kappa shape index (κ2) is 7.82. The molecule has 1 aromatic rings. The first kappa shape index (κ1) is 18.2. The van der Waals surface area contributed by atoms with Crippen LogP contribution in [0, 0.1) is 5.92 Å². The highest BCUT2D eigenvalue weighted by Gasteiger charge is 2.35. The molecule has 6 heteroatoms. The van der Waals surface area contributed by atoms with Crippen molar-refractivity contribution in [3.05, 3.63) is 41.6 Å². The summed E-state index contributed by atoms with van der Waals surface area (Å²) in [5, 5.41) is 0. The number of benzene rings is 1. The minimum absolute atomic E-state index is 0.0529. The summed E-state index contributed by atoms with van der Waals surface area (Å²) in [6.45, 7) is 4.23. The normalized spacial score (nSPS) is 25.5. The highest BCUT2D eigenvalue weighted by molar-refractivity contribution is 5.82. The summed E-state index contributed by atoms with van der Waals surface area (Å²) in [5.74, 6) is 0.259.